The molecule has 0 fully saturated rings. The Morgan fingerprint density at radius 1 is 1.19 bits per heavy atom. The van der Waals surface area contributed by atoms with Gasteiger partial charge in [0.1, 0.15) is 17.3 Å². The summed E-state index contributed by atoms with van der Waals surface area (Å²) in [6.45, 7) is 3.40. The number of benzene rings is 1. The summed E-state index contributed by atoms with van der Waals surface area (Å²) >= 11 is 0. The normalized spacial score (nSPS) is 13.5. The van der Waals surface area contributed by atoms with Crippen LogP contribution in [0.2, 0.25) is 0 Å². The molecule has 114 valence electrons. The number of nitrogens with one attached hydrogen (secondary N) is 1. The van der Waals surface area contributed by atoms with Crippen molar-refractivity contribution in [2.24, 2.45) is 5.84 Å². The molecular formula is C14H14F4N2O. The number of hydrazine groups is 1. The van der Waals surface area contributed by atoms with Crippen LogP contribution in [0.5, 0.6) is 0 Å². The lowest BCUT2D eigenvalue weighted by Crippen LogP contribution is -2.29. The number of halogens is 4. The van der Waals surface area contributed by atoms with Crippen molar-refractivity contribution in [2.45, 2.75) is 26.1 Å². The van der Waals surface area contributed by atoms with Crippen molar-refractivity contribution in [1.29, 1.82) is 0 Å². The third kappa shape index (κ3) is 3.08. The first kappa shape index (κ1) is 15.5. The quantitative estimate of drug-likeness (QED) is 0.517. The topological polar surface area (TPSA) is 51.2 Å². The number of hydrogen-bond acceptors (Lipinski definition) is 3. The van der Waals surface area contributed by atoms with E-state index in [9.17, 15) is 17.6 Å². The molecule has 1 atom stereocenters. The standard InChI is InChI=1S/C14H14F4N2O/c1-7-5-10(8(2)21-7)13(20-19)9-3-4-12(15)11(6-9)14(16,17)18/h3-6,13,20H,19H2,1-2H3. The van der Waals surface area contributed by atoms with E-state index < -0.39 is 23.6 Å². The molecule has 0 saturated heterocycles. The van der Waals surface area contributed by atoms with Crippen molar-refractivity contribution in [3.8, 4) is 0 Å². The molecule has 0 aliphatic carbocycles. The summed E-state index contributed by atoms with van der Waals surface area (Å²) in [5, 5.41) is 0. The lowest BCUT2D eigenvalue weighted by molar-refractivity contribution is -0.140. The van der Waals surface area contributed by atoms with Gasteiger partial charge in [-0.25, -0.2) is 9.82 Å². The molecule has 3 N–H and O–H groups in total. The molecule has 0 radical (unpaired) electrons. The highest BCUT2D eigenvalue weighted by Crippen LogP contribution is 2.34. The zero-order valence-electron chi connectivity index (χ0n) is 11.4. The minimum Gasteiger partial charge on any atom is -0.466 e. The van der Waals surface area contributed by atoms with Gasteiger partial charge in [0.15, 0.2) is 0 Å². The minimum absolute atomic E-state index is 0.204. The number of hydrogen-bond donors (Lipinski definition) is 2. The first-order valence-electron chi connectivity index (χ1n) is 6.13. The third-order valence-electron chi connectivity index (χ3n) is 3.19. The van der Waals surface area contributed by atoms with Gasteiger partial charge in [-0.15, -0.1) is 0 Å². The summed E-state index contributed by atoms with van der Waals surface area (Å²) in [4.78, 5) is 0. The average molecular weight is 302 g/mol. The van der Waals surface area contributed by atoms with E-state index in [1.807, 2.05) is 0 Å². The molecule has 0 spiro atoms. The molecule has 1 aromatic heterocycles. The molecule has 0 amide bonds. The van der Waals surface area contributed by atoms with Gasteiger partial charge in [-0.3, -0.25) is 5.84 Å². The van der Waals surface area contributed by atoms with Crippen LogP contribution in [0.25, 0.3) is 0 Å². The van der Waals surface area contributed by atoms with Gasteiger partial charge >= 0.3 is 6.18 Å². The summed E-state index contributed by atoms with van der Waals surface area (Å²) in [6, 6.07) is 3.75. The zero-order valence-corrected chi connectivity index (χ0v) is 11.4. The first-order valence-corrected chi connectivity index (χ1v) is 6.13. The molecule has 2 rings (SSSR count). The maximum absolute atomic E-state index is 13.3. The van der Waals surface area contributed by atoms with Gasteiger partial charge in [0.05, 0.1) is 11.6 Å². The van der Waals surface area contributed by atoms with Crippen LogP contribution in [0.4, 0.5) is 17.6 Å². The van der Waals surface area contributed by atoms with Crippen molar-refractivity contribution >= 4 is 0 Å². The molecule has 1 aromatic carbocycles. The fourth-order valence-electron chi connectivity index (χ4n) is 2.24. The largest absolute Gasteiger partial charge is 0.466 e. The summed E-state index contributed by atoms with van der Waals surface area (Å²) in [5.74, 6) is 5.28. The Balaban J connectivity index is 2.51. The van der Waals surface area contributed by atoms with Crippen LogP contribution in [0.3, 0.4) is 0 Å². The third-order valence-corrected chi connectivity index (χ3v) is 3.19. The molecule has 0 bridgehead atoms. The highest BCUT2D eigenvalue weighted by molar-refractivity contribution is 5.37. The van der Waals surface area contributed by atoms with Crippen LogP contribution in [-0.4, -0.2) is 0 Å². The zero-order chi connectivity index (χ0) is 15.8. The maximum atomic E-state index is 13.3. The van der Waals surface area contributed by atoms with E-state index in [0.717, 1.165) is 12.1 Å². The Morgan fingerprint density at radius 2 is 1.86 bits per heavy atom. The molecule has 0 aliphatic heterocycles. The SMILES string of the molecule is Cc1cc(C(NN)c2ccc(F)c(C(F)(F)F)c2)c(C)o1. The molecule has 21 heavy (non-hydrogen) atoms. The maximum Gasteiger partial charge on any atom is 0.419 e. The average Bonchev–Trinajstić information content (AvgIpc) is 2.70. The smallest absolute Gasteiger partial charge is 0.419 e. The number of alkyl halides is 3. The van der Waals surface area contributed by atoms with E-state index in [2.05, 4.69) is 5.43 Å². The molecule has 3 nitrogen and oxygen atoms in total. The van der Waals surface area contributed by atoms with Gasteiger partial charge in [-0.1, -0.05) is 6.07 Å². The summed E-state index contributed by atoms with van der Waals surface area (Å²) < 4.78 is 57.0. The molecule has 1 unspecified atom stereocenters. The predicted molar refractivity (Wildman–Crippen MR) is 68.8 cm³/mol. The molecule has 7 heteroatoms. The van der Waals surface area contributed by atoms with E-state index in [0.29, 0.717) is 17.1 Å². The van der Waals surface area contributed by atoms with Crippen LogP contribution in [0, 0.1) is 19.7 Å². The van der Waals surface area contributed by atoms with Crippen LogP contribution >= 0.6 is 0 Å². The fourth-order valence-corrected chi connectivity index (χ4v) is 2.24. The van der Waals surface area contributed by atoms with Gasteiger partial charge in [-0.05, 0) is 37.6 Å². The van der Waals surface area contributed by atoms with Crippen LogP contribution in [0.15, 0.2) is 28.7 Å². The molecular weight excluding hydrogens is 288 g/mol. The second-order valence-corrected chi connectivity index (χ2v) is 4.71. The summed E-state index contributed by atoms with van der Waals surface area (Å²) in [5.41, 5.74) is 1.93. The number of aryl methyl sites for hydroxylation is 2. The summed E-state index contributed by atoms with van der Waals surface area (Å²) in [6.07, 6.45) is -4.76. The van der Waals surface area contributed by atoms with Crippen molar-refractivity contribution in [3.63, 3.8) is 0 Å². The second-order valence-electron chi connectivity index (χ2n) is 4.71. The molecule has 1 heterocycles. The van der Waals surface area contributed by atoms with E-state index >= 15 is 0 Å². The van der Waals surface area contributed by atoms with E-state index in [1.165, 1.54) is 6.07 Å². The van der Waals surface area contributed by atoms with Crippen molar-refractivity contribution in [2.75, 3.05) is 0 Å². The van der Waals surface area contributed by atoms with Gasteiger partial charge in [0, 0.05) is 5.56 Å². The Bertz CT molecular complexity index is 649. The van der Waals surface area contributed by atoms with Gasteiger partial charge in [0.25, 0.3) is 0 Å². The Hall–Kier alpha value is -1.86. The second kappa shape index (κ2) is 5.50. The Labute approximate surface area is 118 Å². The Kier molecular flexibility index (Phi) is 4.06. The van der Waals surface area contributed by atoms with E-state index in [-0.39, 0.29) is 5.56 Å². The lowest BCUT2D eigenvalue weighted by atomic mass is 9.97. The first-order chi connectivity index (χ1) is 9.74. The van der Waals surface area contributed by atoms with E-state index in [4.69, 9.17) is 10.3 Å². The fraction of sp³-hybridized carbons (Fsp3) is 0.286. The number of furan rings is 1. The summed E-state index contributed by atoms with van der Waals surface area (Å²) in [7, 11) is 0. The lowest BCUT2D eigenvalue weighted by Gasteiger charge is -2.18. The predicted octanol–water partition coefficient (Wildman–Crippen LogP) is 3.61. The molecule has 2 aromatic rings. The Morgan fingerprint density at radius 3 is 2.33 bits per heavy atom. The molecule has 0 aliphatic rings. The van der Waals surface area contributed by atoms with Crippen LogP contribution < -0.4 is 11.3 Å². The van der Waals surface area contributed by atoms with E-state index in [1.54, 1.807) is 19.9 Å². The number of rotatable bonds is 3. The minimum atomic E-state index is -4.76. The molecule has 0 saturated carbocycles. The number of nitrogens with two attached hydrogens (primary N) is 1. The van der Waals surface area contributed by atoms with Gasteiger partial charge in [-0.2, -0.15) is 13.2 Å². The highest BCUT2D eigenvalue weighted by atomic mass is 19.4. The van der Waals surface area contributed by atoms with Crippen molar-refractivity contribution in [1.82, 2.24) is 5.43 Å². The monoisotopic (exact) mass is 302 g/mol. The highest BCUT2D eigenvalue weighted by Gasteiger charge is 2.35. The van der Waals surface area contributed by atoms with Crippen molar-refractivity contribution in [3.05, 3.63) is 58.3 Å². The van der Waals surface area contributed by atoms with Gasteiger partial charge in [0.2, 0.25) is 0 Å². The van der Waals surface area contributed by atoms with Crippen LogP contribution in [-0.2, 0) is 6.18 Å². The van der Waals surface area contributed by atoms with Crippen LogP contribution in [0.1, 0.15) is 34.3 Å². The van der Waals surface area contributed by atoms with Gasteiger partial charge < -0.3 is 4.42 Å². The van der Waals surface area contributed by atoms with Crippen molar-refractivity contribution < 1.29 is 22.0 Å².